The maximum Gasteiger partial charge on any atom is 0.257 e. The summed E-state index contributed by atoms with van der Waals surface area (Å²) in [6.07, 6.45) is 0.854. The van der Waals surface area contributed by atoms with Crippen molar-refractivity contribution in [2.45, 2.75) is 34.1 Å². The second kappa shape index (κ2) is 8.35. The van der Waals surface area contributed by atoms with Crippen LogP contribution in [0, 0.1) is 13.8 Å². The molecule has 0 saturated carbocycles. The minimum absolute atomic E-state index is 0.284. The molecule has 7 heteroatoms. The van der Waals surface area contributed by atoms with Gasteiger partial charge in [0.15, 0.2) is 16.6 Å². The Morgan fingerprint density at radius 2 is 2.04 bits per heavy atom. The highest BCUT2D eigenvalue weighted by Crippen LogP contribution is 2.37. The first kappa shape index (κ1) is 18.5. The van der Waals surface area contributed by atoms with E-state index < -0.39 is 0 Å². The van der Waals surface area contributed by atoms with Crippen LogP contribution in [0.15, 0.2) is 12.1 Å². The number of anilines is 1. The molecule has 0 fully saturated rings. The standard InChI is InChI=1S/C17H21ClN2O3S/c1-5-7-23-15-13(18)8-12(9-14(15)22-6-2)16(21)20-17-19-10(3)11(4)24-17/h8-9H,5-7H2,1-4H3,(H,19,20,21). The van der Waals surface area contributed by atoms with E-state index in [0.29, 0.717) is 40.4 Å². The van der Waals surface area contributed by atoms with Crippen LogP contribution < -0.4 is 14.8 Å². The molecule has 0 spiro atoms. The Hall–Kier alpha value is -1.79. The van der Waals surface area contributed by atoms with E-state index in [-0.39, 0.29) is 5.91 Å². The van der Waals surface area contributed by atoms with Gasteiger partial charge in [0.25, 0.3) is 5.91 Å². The molecule has 5 nitrogen and oxygen atoms in total. The number of carbonyl (C=O) groups excluding carboxylic acids is 1. The van der Waals surface area contributed by atoms with E-state index in [1.165, 1.54) is 11.3 Å². The second-order valence-corrected chi connectivity index (χ2v) is 6.79. The van der Waals surface area contributed by atoms with Crippen molar-refractivity contribution in [1.29, 1.82) is 0 Å². The molecular formula is C17H21ClN2O3S. The Kier molecular flexibility index (Phi) is 6.45. The van der Waals surface area contributed by atoms with Gasteiger partial charge in [-0.25, -0.2) is 4.98 Å². The third kappa shape index (κ3) is 4.39. The molecule has 0 atom stereocenters. The first-order valence-electron chi connectivity index (χ1n) is 7.80. The van der Waals surface area contributed by atoms with Crippen molar-refractivity contribution < 1.29 is 14.3 Å². The Morgan fingerprint density at radius 3 is 2.62 bits per heavy atom. The Labute approximate surface area is 151 Å². The Morgan fingerprint density at radius 1 is 1.29 bits per heavy atom. The quantitative estimate of drug-likeness (QED) is 0.758. The van der Waals surface area contributed by atoms with Gasteiger partial charge in [-0.1, -0.05) is 18.5 Å². The summed E-state index contributed by atoms with van der Waals surface area (Å²) in [4.78, 5) is 17.9. The van der Waals surface area contributed by atoms with Crippen LogP contribution in [0.25, 0.3) is 0 Å². The third-order valence-electron chi connectivity index (χ3n) is 3.27. The van der Waals surface area contributed by atoms with E-state index in [4.69, 9.17) is 21.1 Å². The molecule has 0 aliphatic rings. The van der Waals surface area contributed by atoms with Crippen LogP contribution in [0.1, 0.15) is 41.2 Å². The molecule has 0 aliphatic heterocycles. The molecule has 0 bridgehead atoms. The van der Waals surface area contributed by atoms with Crippen LogP contribution in [-0.2, 0) is 0 Å². The molecule has 2 aromatic rings. The molecule has 0 aliphatic carbocycles. The van der Waals surface area contributed by atoms with Crippen molar-refractivity contribution in [2.75, 3.05) is 18.5 Å². The third-order valence-corrected chi connectivity index (χ3v) is 4.54. The van der Waals surface area contributed by atoms with Crippen molar-refractivity contribution in [1.82, 2.24) is 4.98 Å². The number of amides is 1. The highest BCUT2D eigenvalue weighted by molar-refractivity contribution is 7.15. The summed E-state index contributed by atoms with van der Waals surface area (Å²) < 4.78 is 11.2. The lowest BCUT2D eigenvalue weighted by molar-refractivity contribution is 0.102. The van der Waals surface area contributed by atoms with Gasteiger partial charge in [0.2, 0.25) is 0 Å². The van der Waals surface area contributed by atoms with E-state index in [0.717, 1.165) is 17.0 Å². The molecule has 1 aromatic heterocycles. The SMILES string of the molecule is CCCOc1c(Cl)cc(C(=O)Nc2nc(C)c(C)s2)cc1OCC. The van der Waals surface area contributed by atoms with Crippen molar-refractivity contribution in [3.63, 3.8) is 0 Å². The summed E-state index contributed by atoms with van der Waals surface area (Å²) in [5.41, 5.74) is 1.31. The fraction of sp³-hybridized carbons (Fsp3) is 0.412. The maximum atomic E-state index is 12.5. The van der Waals surface area contributed by atoms with Gasteiger partial charge in [-0.05, 0) is 39.3 Å². The zero-order valence-electron chi connectivity index (χ0n) is 14.2. The largest absolute Gasteiger partial charge is 0.490 e. The summed E-state index contributed by atoms with van der Waals surface area (Å²) in [7, 11) is 0. The van der Waals surface area contributed by atoms with Crippen LogP contribution in [0.5, 0.6) is 11.5 Å². The molecule has 1 heterocycles. The fourth-order valence-corrected chi connectivity index (χ4v) is 3.08. The number of aromatic nitrogens is 1. The zero-order valence-corrected chi connectivity index (χ0v) is 15.8. The molecule has 1 amide bonds. The van der Waals surface area contributed by atoms with Crippen LogP contribution in [0.4, 0.5) is 5.13 Å². The average Bonchev–Trinajstić information content (AvgIpc) is 2.84. The number of hydrogen-bond donors (Lipinski definition) is 1. The summed E-state index contributed by atoms with van der Waals surface area (Å²) in [6.45, 7) is 8.73. The minimum Gasteiger partial charge on any atom is -0.490 e. The lowest BCUT2D eigenvalue weighted by atomic mass is 10.2. The molecule has 0 saturated heterocycles. The van der Waals surface area contributed by atoms with Gasteiger partial charge >= 0.3 is 0 Å². The molecular weight excluding hydrogens is 348 g/mol. The van der Waals surface area contributed by atoms with E-state index in [2.05, 4.69) is 10.3 Å². The lowest BCUT2D eigenvalue weighted by Gasteiger charge is -2.14. The number of nitrogens with zero attached hydrogens (tertiary/aromatic N) is 1. The number of rotatable bonds is 7. The smallest absolute Gasteiger partial charge is 0.257 e. The Balaban J connectivity index is 2.27. The second-order valence-electron chi connectivity index (χ2n) is 5.18. The number of benzene rings is 1. The van der Waals surface area contributed by atoms with Gasteiger partial charge in [0, 0.05) is 10.4 Å². The molecule has 1 N–H and O–H groups in total. The summed E-state index contributed by atoms with van der Waals surface area (Å²) in [6, 6.07) is 3.22. The normalized spacial score (nSPS) is 10.5. The van der Waals surface area contributed by atoms with Crippen LogP contribution in [0.3, 0.4) is 0 Å². The summed E-state index contributed by atoms with van der Waals surface area (Å²) >= 11 is 7.72. The maximum absolute atomic E-state index is 12.5. The van der Waals surface area contributed by atoms with Crippen molar-refractivity contribution >= 4 is 34.0 Å². The van der Waals surface area contributed by atoms with Crippen LogP contribution in [-0.4, -0.2) is 24.1 Å². The summed E-state index contributed by atoms with van der Waals surface area (Å²) in [5.74, 6) is 0.654. The number of carbonyl (C=O) groups is 1. The fourth-order valence-electron chi connectivity index (χ4n) is 2.00. The number of ether oxygens (including phenoxy) is 2. The highest BCUT2D eigenvalue weighted by atomic mass is 35.5. The van der Waals surface area contributed by atoms with E-state index in [1.807, 2.05) is 27.7 Å². The minimum atomic E-state index is -0.284. The van der Waals surface area contributed by atoms with E-state index >= 15 is 0 Å². The predicted octanol–water partition coefficient (Wildman–Crippen LogP) is 4.85. The van der Waals surface area contributed by atoms with Gasteiger partial charge in [-0.3, -0.25) is 10.1 Å². The van der Waals surface area contributed by atoms with Crippen molar-refractivity contribution in [2.24, 2.45) is 0 Å². The van der Waals surface area contributed by atoms with Crippen molar-refractivity contribution in [3.8, 4) is 11.5 Å². The number of nitrogens with one attached hydrogen (secondary N) is 1. The van der Waals surface area contributed by atoms with Crippen LogP contribution >= 0.6 is 22.9 Å². The van der Waals surface area contributed by atoms with Gasteiger partial charge in [-0.2, -0.15) is 0 Å². The predicted molar refractivity (Wildman–Crippen MR) is 97.9 cm³/mol. The number of aryl methyl sites for hydroxylation is 2. The molecule has 0 radical (unpaired) electrons. The molecule has 1 aromatic carbocycles. The Bertz CT molecular complexity index is 711. The van der Waals surface area contributed by atoms with Gasteiger partial charge < -0.3 is 9.47 Å². The van der Waals surface area contributed by atoms with E-state index in [1.54, 1.807) is 12.1 Å². The first-order valence-corrected chi connectivity index (χ1v) is 9.00. The molecule has 0 unspecified atom stereocenters. The van der Waals surface area contributed by atoms with Gasteiger partial charge in [0.05, 0.1) is 23.9 Å². The number of thiazole rings is 1. The number of hydrogen-bond acceptors (Lipinski definition) is 5. The monoisotopic (exact) mass is 368 g/mol. The topological polar surface area (TPSA) is 60.5 Å². The van der Waals surface area contributed by atoms with Crippen molar-refractivity contribution in [3.05, 3.63) is 33.3 Å². The average molecular weight is 369 g/mol. The lowest BCUT2D eigenvalue weighted by Crippen LogP contribution is -2.12. The van der Waals surface area contributed by atoms with Crippen LogP contribution in [0.2, 0.25) is 5.02 Å². The van der Waals surface area contributed by atoms with Gasteiger partial charge in [0.1, 0.15) is 0 Å². The zero-order chi connectivity index (χ0) is 17.7. The summed E-state index contributed by atoms with van der Waals surface area (Å²) in [5, 5.41) is 3.71. The molecule has 24 heavy (non-hydrogen) atoms. The van der Waals surface area contributed by atoms with Gasteiger partial charge in [-0.15, -0.1) is 11.3 Å². The highest BCUT2D eigenvalue weighted by Gasteiger charge is 2.17. The molecule has 130 valence electrons. The van der Waals surface area contributed by atoms with E-state index in [9.17, 15) is 4.79 Å². The first-order chi connectivity index (χ1) is 11.5. The molecule has 2 rings (SSSR count). The number of halogens is 1.